The Labute approximate surface area is 207 Å². The monoisotopic (exact) mass is 470 g/mol. The minimum Gasteiger partial charge on any atom is -0.468 e. The Morgan fingerprint density at radius 3 is 2.66 bits per heavy atom. The number of methoxy groups -OCH3 is 1. The first-order chi connectivity index (χ1) is 17.1. The summed E-state index contributed by atoms with van der Waals surface area (Å²) in [4.78, 5) is 17.1. The van der Waals surface area contributed by atoms with E-state index in [4.69, 9.17) is 4.74 Å². The van der Waals surface area contributed by atoms with E-state index in [2.05, 4.69) is 88.5 Å². The van der Waals surface area contributed by atoms with E-state index in [1.165, 1.54) is 18.2 Å². The summed E-state index contributed by atoms with van der Waals surface area (Å²) in [5.74, 6) is 1.05. The van der Waals surface area contributed by atoms with E-state index >= 15 is 0 Å². The van der Waals surface area contributed by atoms with E-state index in [1.807, 2.05) is 12.3 Å². The van der Waals surface area contributed by atoms with Crippen molar-refractivity contribution in [1.29, 1.82) is 0 Å². The van der Waals surface area contributed by atoms with E-state index in [0.717, 1.165) is 49.4 Å². The van der Waals surface area contributed by atoms with Gasteiger partial charge in [-0.1, -0.05) is 67.9 Å². The number of ether oxygens (including phenoxy) is 1. The first-order valence-electron chi connectivity index (χ1n) is 12.5. The summed E-state index contributed by atoms with van der Waals surface area (Å²) in [6.07, 6.45) is 4.61. The van der Waals surface area contributed by atoms with Gasteiger partial charge in [-0.3, -0.25) is 4.79 Å². The number of nitrogens with zero attached hydrogens (tertiary/aromatic N) is 1. The Morgan fingerprint density at radius 1 is 1.11 bits per heavy atom. The van der Waals surface area contributed by atoms with Crippen LogP contribution in [-0.4, -0.2) is 37.2 Å². The van der Waals surface area contributed by atoms with Gasteiger partial charge in [-0.2, -0.15) is 0 Å². The molecule has 182 valence electrons. The lowest BCUT2D eigenvalue weighted by atomic mass is 9.64. The SMILES string of the molecule is COC(=O)C1(c2cccc([C@H](C)CN[C@H](c3ccccc3)[C@H]3CNc4cccnc4N3)c2)CCC1. The molecule has 0 saturated heterocycles. The Bertz CT molecular complexity index is 1160. The minimum atomic E-state index is -0.470. The number of fused-ring (bicyclic) bond motifs is 1. The topological polar surface area (TPSA) is 75.3 Å². The van der Waals surface area contributed by atoms with Crippen LogP contribution in [0, 0.1) is 0 Å². The van der Waals surface area contributed by atoms with Crippen molar-refractivity contribution in [1.82, 2.24) is 10.3 Å². The smallest absolute Gasteiger partial charge is 0.316 e. The van der Waals surface area contributed by atoms with E-state index in [-0.39, 0.29) is 24.0 Å². The number of aromatic nitrogens is 1. The summed E-state index contributed by atoms with van der Waals surface area (Å²) < 4.78 is 5.16. The Morgan fingerprint density at radius 2 is 1.91 bits per heavy atom. The molecule has 1 aliphatic carbocycles. The number of pyridine rings is 1. The molecule has 0 bridgehead atoms. The summed E-state index contributed by atoms with van der Waals surface area (Å²) in [6, 6.07) is 23.4. The lowest BCUT2D eigenvalue weighted by Crippen LogP contribution is -2.45. The van der Waals surface area contributed by atoms with Gasteiger partial charge >= 0.3 is 5.97 Å². The number of carbonyl (C=O) groups is 1. The second-order valence-electron chi connectivity index (χ2n) is 9.78. The first-order valence-corrected chi connectivity index (χ1v) is 12.5. The summed E-state index contributed by atoms with van der Waals surface area (Å²) in [5.41, 5.74) is 4.13. The van der Waals surface area contributed by atoms with Crippen molar-refractivity contribution in [2.24, 2.45) is 0 Å². The molecule has 0 amide bonds. The second kappa shape index (κ2) is 10.1. The normalized spacial score (nSPS) is 19.8. The number of hydrogen-bond acceptors (Lipinski definition) is 6. The number of rotatable bonds is 8. The van der Waals surface area contributed by atoms with Gasteiger partial charge in [0.05, 0.1) is 30.3 Å². The van der Waals surface area contributed by atoms with Crippen LogP contribution in [0.5, 0.6) is 0 Å². The van der Waals surface area contributed by atoms with Gasteiger partial charge in [0, 0.05) is 19.3 Å². The van der Waals surface area contributed by atoms with Crippen LogP contribution in [0.1, 0.15) is 54.8 Å². The largest absolute Gasteiger partial charge is 0.468 e. The molecule has 3 atom stereocenters. The molecule has 6 nitrogen and oxygen atoms in total. The van der Waals surface area contributed by atoms with Crippen LogP contribution in [0.4, 0.5) is 11.5 Å². The number of nitrogens with one attached hydrogen (secondary N) is 3. The zero-order valence-corrected chi connectivity index (χ0v) is 20.5. The van der Waals surface area contributed by atoms with Gasteiger partial charge in [-0.15, -0.1) is 0 Å². The summed E-state index contributed by atoms with van der Waals surface area (Å²) >= 11 is 0. The molecule has 3 aromatic rings. The number of benzene rings is 2. The van der Waals surface area contributed by atoms with Gasteiger partial charge in [0.25, 0.3) is 0 Å². The molecule has 2 heterocycles. The van der Waals surface area contributed by atoms with Gasteiger partial charge in [-0.25, -0.2) is 4.98 Å². The highest BCUT2D eigenvalue weighted by atomic mass is 16.5. The Kier molecular flexibility index (Phi) is 6.73. The molecule has 0 radical (unpaired) electrons. The quantitative estimate of drug-likeness (QED) is 0.402. The average molecular weight is 471 g/mol. The van der Waals surface area contributed by atoms with Crippen molar-refractivity contribution in [3.8, 4) is 0 Å². The fraction of sp³-hybridized carbons (Fsp3) is 0.379. The molecule has 2 aromatic carbocycles. The maximum atomic E-state index is 12.6. The third-order valence-electron chi connectivity index (χ3n) is 7.64. The summed E-state index contributed by atoms with van der Waals surface area (Å²) in [5, 5.41) is 11.0. The number of carbonyl (C=O) groups excluding carboxylic acids is 1. The molecule has 1 aromatic heterocycles. The van der Waals surface area contributed by atoms with Crippen LogP contribution in [0.25, 0.3) is 0 Å². The molecule has 3 N–H and O–H groups in total. The predicted molar refractivity (Wildman–Crippen MR) is 140 cm³/mol. The molecule has 1 saturated carbocycles. The highest BCUT2D eigenvalue weighted by molar-refractivity contribution is 5.84. The van der Waals surface area contributed by atoms with E-state index in [1.54, 1.807) is 0 Å². The number of anilines is 2. The molecule has 6 heteroatoms. The Hall–Kier alpha value is -3.38. The number of esters is 1. The van der Waals surface area contributed by atoms with Crippen molar-refractivity contribution in [3.05, 3.63) is 89.6 Å². The maximum absolute atomic E-state index is 12.6. The van der Waals surface area contributed by atoms with Crippen molar-refractivity contribution in [2.75, 3.05) is 30.8 Å². The molecule has 5 rings (SSSR count). The van der Waals surface area contributed by atoms with Crippen LogP contribution < -0.4 is 16.0 Å². The lowest BCUT2D eigenvalue weighted by Gasteiger charge is -2.39. The average Bonchev–Trinajstić information content (AvgIpc) is 2.88. The van der Waals surface area contributed by atoms with Crippen LogP contribution in [0.15, 0.2) is 72.9 Å². The molecule has 1 fully saturated rings. The highest BCUT2D eigenvalue weighted by Gasteiger charge is 2.46. The molecule has 2 aliphatic rings. The van der Waals surface area contributed by atoms with Crippen LogP contribution in [0.3, 0.4) is 0 Å². The second-order valence-corrected chi connectivity index (χ2v) is 9.78. The zero-order valence-electron chi connectivity index (χ0n) is 20.5. The third kappa shape index (κ3) is 4.63. The van der Waals surface area contributed by atoms with E-state index < -0.39 is 5.41 Å². The van der Waals surface area contributed by atoms with Gasteiger partial charge in [0.1, 0.15) is 5.82 Å². The van der Waals surface area contributed by atoms with Crippen LogP contribution in [-0.2, 0) is 14.9 Å². The van der Waals surface area contributed by atoms with Crippen molar-refractivity contribution in [3.63, 3.8) is 0 Å². The van der Waals surface area contributed by atoms with Crippen molar-refractivity contribution in [2.45, 2.75) is 49.6 Å². The first kappa shape index (κ1) is 23.4. The Balaban J connectivity index is 1.33. The third-order valence-corrected chi connectivity index (χ3v) is 7.64. The molecule has 35 heavy (non-hydrogen) atoms. The standard InChI is InChI=1S/C29H34N4O2/c1-20(22-11-6-12-23(17-22)29(14-8-15-29)28(34)35-2)18-32-26(21-9-4-3-5-10-21)25-19-31-24-13-7-16-30-27(24)33-25/h3-7,9-13,16-17,20,25-26,31-32H,8,14-15,18-19H2,1-2H3,(H,30,33)/t20-,25-,26-/m1/s1. The van der Waals surface area contributed by atoms with Gasteiger partial charge < -0.3 is 20.7 Å². The van der Waals surface area contributed by atoms with Crippen molar-refractivity contribution >= 4 is 17.5 Å². The molecule has 0 unspecified atom stereocenters. The fourth-order valence-electron chi connectivity index (χ4n) is 5.36. The van der Waals surface area contributed by atoms with E-state index in [0.29, 0.717) is 0 Å². The summed E-state index contributed by atoms with van der Waals surface area (Å²) in [7, 11) is 1.49. The number of hydrogen-bond donors (Lipinski definition) is 3. The van der Waals surface area contributed by atoms with Gasteiger partial charge in [0.2, 0.25) is 0 Å². The van der Waals surface area contributed by atoms with Crippen molar-refractivity contribution < 1.29 is 9.53 Å². The predicted octanol–water partition coefficient (Wildman–Crippen LogP) is 5.02. The fourth-order valence-corrected chi connectivity index (χ4v) is 5.36. The summed E-state index contributed by atoms with van der Waals surface area (Å²) in [6.45, 7) is 3.85. The minimum absolute atomic E-state index is 0.109. The van der Waals surface area contributed by atoms with Crippen LogP contribution >= 0.6 is 0 Å². The van der Waals surface area contributed by atoms with Crippen LogP contribution in [0.2, 0.25) is 0 Å². The van der Waals surface area contributed by atoms with Gasteiger partial charge in [0.15, 0.2) is 0 Å². The van der Waals surface area contributed by atoms with Gasteiger partial charge in [-0.05, 0) is 47.6 Å². The highest BCUT2D eigenvalue weighted by Crippen LogP contribution is 2.45. The molecular weight excluding hydrogens is 436 g/mol. The van der Waals surface area contributed by atoms with E-state index in [9.17, 15) is 4.79 Å². The molecule has 1 aliphatic heterocycles. The zero-order chi connectivity index (χ0) is 24.3. The molecule has 0 spiro atoms. The lowest BCUT2D eigenvalue weighted by molar-refractivity contribution is -0.151. The molecular formula is C29H34N4O2. The maximum Gasteiger partial charge on any atom is 0.316 e.